The summed E-state index contributed by atoms with van der Waals surface area (Å²) >= 11 is 3.63. The predicted octanol–water partition coefficient (Wildman–Crippen LogP) is 3.80. The zero-order valence-corrected chi connectivity index (χ0v) is 18.7. The molecule has 0 aliphatic rings. The summed E-state index contributed by atoms with van der Waals surface area (Å²) in [4.78, 5) is 11.8. The highest BCUT2D eigenvalue weighted by molar-refractivity contribution is 9.10. The van der Waals surface area contributed by atoms with Crippen LogP contribution in [0.1, 0.15) is 17.5 Å². The van der Waals surface area contributed by atoms with Crippen LogP contribution in [0.15, 0.2) is 58.0 Å². The Morgan fingerprint density at radius 1 is 1.14 bits per heavy atom. The Morgan fingerprint density at radius 3 is 2.52 bits per heavy atom. The first-order valence-corrected chi connectivity index (χ1v) is 11.5. The van der Waals surface area contributed by atoms with Crippen molar-refractivity contribution < 1.29 is 17.9 Å². The fourth-order valence-electron chi connectivity index (χ4n) is 3.22. The number of sulfonamides is 1. The average Bonchev–Trinajstić information content (AvgIpc) is 2.97. The van der Waals surface area contributed by atoms with Gasteiger partial charge in [0.25, 0.3) is 0 Å². The number of hydrogen-bond donors (Lipinski definition) is 1. The van der Waals surface area contributed by atoms with Gasteiger partial charge >= 0.3 is 5.97 Å². The van der Waals surface area contributed by atoms with Crippen LogP contribution in [0.4, 0.5) is 0 Å². The van der Waals surface area contributed by atoms with Crippen LogP contribution in [0, 0.1) is 6.92 Å². The fraction of sp³-hybridized carbons (Fsp3) is 0.286. The van der Waals surface area contributed by atoms with Gasteiger partial charge in [0.05, 0.1) is 23.0 Å². The monoisotopic (exact) mass is 478 g/mol. The maximum atomic E-state index is 12.5. The molecule has 29 heavy (non-hydrogen) atoms. The number of carbonyl (C=O) groups is 1. The maximum Gasteiger partial charge on any atom is 0.307 e. The number of rotatable bonds is 8. The minimum absolute atomic E-state index is 0.252. The highest BCUT2D eigenvalue weighted by Gasteiger charge is 2.18. The lowest BCUT2D eigenvalue weighted by Gasteiger charge is -2.08. The molecule has 1 N–H and O–H groups in total. The van der Waals surface area contributed by atoms with Gasteiger partial charge in [0.2, 0.25) is 10.0 Å². The smallest absolute Gasteiger partial charge is 0.307 e. The van der Waals surface area contributed by atoms with E-state index in [1.54, 1.807) is 24.3 Å². The zero-order valence-electron chi connectivity index (χ0n) is 16.3. The van der Waals surface area contributed by atoms with E-state index in [-0.39, 0.29) is 23.8 Å². The molecule has 0 saturated carbocycles. The van der Waals surface area contributed by atoms with Crippen LogP contribution in [0.2, 0.25) is 0 Å². The lowest BCUT2D eigenvalue weighted by atomic mass is 10.1. The number of esters is 1. The third kappa shape index (κ3) is 4.88. The molecule has 1 heterocycles. The molecular weight excluding hydrogens is 456 g/mol. The van der Waals surface area contributed by atoms with Gasteiger partial charge in [-0.15, -0.1) is 0 Å². The molecule has 8 heteroatoms. The summed E-state index contributed by atoms with van der Waals surface area (Å²) in [5.41, 5.74) is 2.99. The molecule has 0 saturated heterocycles. The van der Waals surface area contributed by atoms with E-state index in [9.17, 15) is 13.2 Å². The van der Waals surface area contributed by atoms with E-state index in [1.165, 1.54) is 7.11 Å². The number of aryl methyl sites for hydroxylation is 2. The van der Waals surface area contributed by atoms with E-state index < -0.39 is 10.0 Å². The predicted molar refractivity (Wildman–Crippen MR) is 116 cm³/mol. The molecule has 3 rings (SSSR count). The van der Waals surface area contributed by atoms with Gasteiger partial charge in [-0.1, -0.05) is 35.9 Å². The number of methoxy groups -OCH3 is 1. The van der Waals surface area contributed by atoms with Crippen LogP contribution in [0.25, 0.3) is 10.9 Å². The molecular formula is C21H23BrN2O4S. The first-order valence-electron chi connectivity index (χ1n) is 9.22. The van der Waals surface area contributed by atoms with Gasteiger partial charge in [-0.3, -0.25) is 4.79 Å². The van der Waals surface area contributed by atoms with Gasteiger partial charge < -0.3 is 9.30 Å². The normalized spacial score (nSPS) is 11.7. The number of nitrogens with one attached hydrogen (secondary N) is 1. The van der Waals surface area contributed by atoms with Gasteiger partial charge in [-0.25, -0.2) is 13.1 Å². The van der Waals surface area contributed by atoms with Crippen molar-refractivity contribution in [3.63, 3.8) is 0 Å². The van der Waals surface area contributed by atoms with Crippen molar-refractivity contribution in [1.82, 2.24) is 9.29 Å². The van der Waals surface area contributed by atoms with E-state index in [0.717, 1.165) is 26.6 Å². The van der Waals surface area contributed by atoms with Gasteiger partial charge in [-0.05, 0) is 53.0 Å². The number of para-hydroxylation sites is 1. The van der Waals surface area contributed by atoms with Gasteiger partial charge in [0.15, 0.2) is 0 Å². The maximum absolute atomic E-state index is 12.5. The summed E-state index contributed by atoms with van der Waals surface area (Å²) < 4.78 is 35.3. The topological polar surface area (TPSA) is 77.4 Å². The molecule has 0 fully saturated rings. The van der Waals surface area contributed by atoms with Crippen LogP contribution in [-0.2, 0) is 32.5 Å². The molecule has 3 aromatic rings. The number of hydrogen-bond acceptors (Lipinski definition) is 4. The molecule has 2 aromatic carbocycles. The Hall–Kier alpha value is -2.16. The average molecular weight is 479 g/mol. The van der Waals surface area contributed by atoms with Crippen molar-refractivity contribution in [1.29, 1.82) is 0 Å². The molecule has 0 unspecified atom stereocenters. The summed E-state index contributed by atoms with van der Waals surface area (Å²) in [5, 5.41) is 1.03. The summed E-state index contributed by atoms with van der Waals surface area (Å²) in [7, 11) is -2.19. The fourth-order valence-corrected chi connectivity index (χ4v) is 5.03. The first kappa shape index (κ1) is 21.5. The van der Waals surface area contributed by atoms with Crippen LogP contribution in [-0.4, -0.2) is 32.6 Å². The number of carbonyl (C=O) groups excluding carboxylic acids is 1. The zero-order chi connectivity index (χ0) is 21.0. The van der Waals surface area contributed by atoms with Gasteiger partial charge in [0, 0.05) is 24.0 Å². The Morgan fingerprint density at radius 2 is 1.83 bits per heavy atom. The summed E-state index contributed by atoms with van der Waals surface area (Å²) in [6, 6.07) is 14.6. The minimum atomic E-state index is -3.56. The van der Waals surface area contributed by atoms with Crippen LogP contribution in [0.3, 0.4) is 0 Å². The number of benzene rings is 2. The molecule has 0 radical (unpaired) electrons. The molecule has 0 amide bonds. The largest absolute Gasteiger partial charge is 0.469 e. The van der Waals surface area contributed by atoms with E-state index >= 15 is 0 Å². The number of fused-ring (bicyclic) bond motifs is 1. The van der Waals surface area contributed by atoms with Crippen LogP contribution >= 0.6 is 15.9 Å². The Labute approximate surface area is 179 Å². The van der Waals surface area contributed by atoms with E-state index in [0.29, 0.717) is 13.0 Å². The lowest BCUT2D eigenvalue weighted by molar-refractivity contribution is -0.140. The molecule has 0 aliphatic heterocycles. The Balaban J connectivity index is 1.79. The summed E-state index contributed by atoms with van der Waals surface area (Å²) in [6.45, 7) is 2.65. The summed E-state index contributed by atoms with van der Waals surface area (Å²) in [6.07, 6.45) is 0.769. The number of ether oxygens (including phenoxy) is 1. The van der Waals surface area contributed by atoms with Gasteiger partial charge in [0.1, 0.15) is 0 Å². The second kappa shape index (κ2) is 9.11. The number of halogens is 1. The van der Waals surface area contributed by atoms with Gasteiger partial charge in [-0.2, -0.15) is 0 Å². The Bertz CT molecular complexity index is 1120. The van der Waals surface area contributed by atoms with E-state index in [1.807, 2.05) is 35.8 Å². The highest BCUT2D eigenvalue weighted by Crippen LogP contribution is 2.31. The van der Waals surface area contributed by atoms with Crippen molar-refractivity contribution in [3.8, 4) is 0 Å². The number of aromatic nitrogens is 1. The summed E-state index contributed by atoms with van der Waals surface area (Å²) in [5.74, 6) is -0.276. The van der Waals surface area contributed by atoms with E-state index in [2.05, 4.69) is 20.7 Å². The van der Waals surface area contributed by atoms with E-state index in [4.69, 9.17) is 4.74 Å². The molecule has 154 valence electrons. The Kier molecular flexibility index (Phi) is 6.77. The van der Waals surface area contributed by atoms with Crippen molar-refractivity contribution in [3.05, 3.63) is 64.3 Å². The van der Waals surface area contributed by atoms with Crippen molar-refractivity contribution in [2.24, 2.45) is 0 Å². The number of nitrogens with zero attached hydrogens (tertiary/aromatic N) is 1. The minimum Gasteiger partial charge on any atom is -0.469 e. The molecule has 6 nitrogen and oxygen atoms in total. The van der Waals surface area contributed by atoms with Crippen LogP contribution < -0.4 is 4.72 Å². The molecule has 0 atom stereocenters. The highest BCUT2D eigenvalue weighted by atomic mass is 79.9. The molecule has 1 aromatic heterocycles. The third-order valence-corrected chi connectivity index (χ3v) is 7.16. The molecule has 0 spiro atoms. The standard InChI is InChI=1S/C21H23BrN2O4S/c1-15-7-9-16(10-8-15)29(26,27)23-13-11-18-17-5-3-4-6-19(17)24(21(18)22)14-12-20(25)28-2/h3-10,23H,11-14H2,1-2H3. The van der Waals surface area contributed by atoms with Crippen molar-refractivity contribution in [2.45, 2.75) is 31.2 Å². The van der Waals surface area contributed by atoms with Crippen LogP contribution in [0.5, 0.6) is 0 Å². The second-order valence-corrected chi connectivity index (χ2v) is 9.24. The lowest BCUT2D eigenvalue weighted by Crippen LogP contribution is -2.26. The molecule has 0 bridgehead atoms. The molecule has 0 aliphatic carbocycles. The third-order valence-electron chi connectivity index (χ3n) is 4.77. The SMILES string of the molecule is COC(=O)CCn1c(Br)c(CCNS(=O)(=O)c2ccc(C)cc2)c2ccccc21. The van der Waals surface area contributed by atoms with Crippen molar-refractivity contribution >= 4 is 42.8 Å². The second-order valence-electron chi connectivity index (χ2n) is 6.73. The van der Waals surface area contributed by atoms with Crippen molar-refractivity contribution in [2.75, 3.05) is 13.7 Å². The quantitative estimate of drug-likeness (QED) is 0.499. The first-order chi connectivity index (χ1) is 13.8.